The lowest BCUT2D eigenvalue weighted by molar-refractivity contribution is 0.358. The molecule has 3 heteroatoms. The van der Waals surface area contributed by atoms with E-state index in [-0.39, 0.29) is 22.2 Å². The zero-order valence-electron chi connectivity index (χ0n) is 10.4. The van der Waals surface area contributed by atoms with Gasteiger partial charge < -0.3 is 9.47 Å². The summed E-state index contributed by atoms with van der Waals surface area (Å²) in [7, 11) is -3.15. The molecule has 0 saturated heterocycles. The summed E-state index contributed by atoms with van der Waals surface area (Å²) in [6.07, 6.45) is 0. The van der Waals surface area contributed by atoms with E-state index in [1.165, 1.54) is 0 Å². The van der Waals surface area contributed by atoms with Gasteiger partial charge in [-0.1, -0.05) is 0 Å². The molecule has 0 aliphatic heterocycles. The topological polar surface area (TPSA) is 18.5 Å². The van der Waals surface area contributed by atoms with Crippen molar-refractivity contribution in [3.63, 3.8) is 0 Å². The van der Waals surface area contributed by atoms with Gasteiger partial charge in [0, 0.05) is 10.7 Å². The van der Waals surface area contributed by atoms with E-state index in [0.29, 0.717) is 0 Å². The Balaban J connectivity index is 3.04. The number of hydrogen-bond donors (Lipinski definition) is 0. The second-order valence-electron chi connectivity index (χ2n) is 1.21. The first-order valence-electron chi connectivity index (χ1n) is 5.27. The highest BCUT2D eigenvalue weighted by Gasteiger charge is 2.00. The second-order valence-corrected chi connectivity index (χ2v) is 1.82. The van der Waals surface area contributed by atoms with Crippen molar-refractivity contribution in [1.82, 2.24) is 0 Å². The van der Waals surface area contributed by atoms with Crippen molar-refractivity contribution >= 4 is 11.3 Å². The van der Waals surface area contributed by atoms with Crippen molar-refractivity contribution in [3.05, 3.63) is 10.7 Å². The van der Waals surface area contributed by atoms with Gasteiger partial charge >= 0.3 is 0 Å². The van der Waals surface area contributed by atoms with Crippen molar-refractivity contribution < 1.29 is 17.7 Å². The number of thiophene rings is 1. The molecule has 0 amide bonds. The van der Waals surface area contributed by atoms with Gasteiger partial charge in [0.25, 0.3) is 0 Å². The highest BCUT2D eigenvalue weighted by atomic mass is 32.1. The SMILES string of the molecule is [2H]COc1c([2H])sc([2H])c1OC([2H])([2H])[2H]. The van der Waals surface area contributed by atoms with Crippen LogP contribution >= 0.6 is 11.3 Å². The molecule has 0 N–H and O–H groups in total. The maximum atomic E-state index is 7.37. The van der Waals surface area contributed by atoms with E-state index in [1.54, 1.807) is 0 Å². The van der Waals surface area contributed by atoms with E-state index in [1.807, 2.05) is 0 Å². The summed E-state index contributed by atoms with van der Waals surface area (Å²) in [6.45, 7) is 0. The predicted molar refractivity (Wildman–Crippen MR) is 37.4 cm³/mol. The summed E-state index contributed by atoms with van der Waals surface area (Å²) in [5, 5.41) is -0.314. The van der Waals surface area contributed by atoms with Crippen molar-refractivity contribution in [1.29, 1.82) is 0 Å². The second kappa shape index (κ2) is 2.73. The Hall–Kier alpha value is -0.700. The molecule has 0 aromatic carbocycles. The molecule has 0 bridgehead atoms. The summed E-state index contributed by atoms with van der Waals surface area (Å²) in [5.74, 6) is -0.451. The van der Waals surface area contributed by atoms with Crippen LogP contribution in [0.25, 0.3) is 0 Å². The Morgan fingerprint density at radius 1 is 1.56 bits per heavy atom. The quantitative estimate of drug-likeness (QED) is 0.639. The van der Waals surface area contributed by atoms with Gasteiger partial charge in [-0.3, -0.25) is 0 Å². The number of hydrogen-bond acceptors (Lipinski definition) is 3. The summed E-state index contributed by atoms with van der Waals surface area (Å²) in [5.41, 5.74) is 0. The third kappa shape index (κ3) is 1.16. The van der Waals surface area contributed by atoms with Crippen LogP contribution in [-0.4, -0.2) is 14.1 Å². The molecule has 1 rings (SSSR count). The maximum Gasteiger partial charge on any atom is 0.171 e. The van der Waals surface area contributed by atoms with Crippen molar-refractivity contribution in [2.24, 2.45) is 0 Å². The van der Waals surface area contributed by atoms with Gasteiger partial charge in [-0.2, -0.15) is 0 Å². The first-order chi connectivity index (χ1) is 6.85. The fourth-order valence-electron chi connectivity index (χ4n) is 0.373. The molecule has 1 heterocycles. The summed E-state index contributed by atoms with van der Waals surface area (Å²) >= 11 is 0.726. The molecular formula is C6H8O2S. The van der Waals surface area contributed by atoms with Gasteiger partial charge in [0.05, 0.1) is 22.3 Å². The third-order valence-electron chi connectivity index (χ3n) is 0.740. The Bertz CT molecular complexity index is 346. The molecule has 0 aliphatic carbocycles. The van der Waals surface area contributed by atoms with Gasteiger partial charge in [0.15, 0.2) is 11.5 Å². The Kier molecular flexibility index (Phi) is 0.656. The van der Waals surface area contributed by atoms with E-state index in [0.717, 1.165) is 11.3 Å². The van der Waals surface area contributed by atoms with Crippen LogP contribution in [0.3, 0.4) is 0 Å². The Morgan fingerprint density at radius 2 is 2.33 bits per heavy atom. The van der Waals surface area contributed by atoms with Gasteiger partial charge in [-0.05, 0) is 0 Å². The van der Waals surface area contributed by atoms with Crippen LogP contribution in [-0.2, 0) is 0 Å². The predicted octanol–water partition coefficient (Wildman–Crippen LogP) is 1.77. The number of methoxy groups -OCH3 is 2. The lowest BCUT2D eigenvalue weighted by Crippen LogP contribution is -1.84. The van der Waals surface area contributed by atoms with E-state index in [2.05, 4.69) is 4.74 Å². The summed E-state index contributed by atoms with van der Waals surface area (Å²) in [6, 6.07) is 0. The molecule has 0 spiro atoms. The average Bonchev–Trinajstić information content (AvgIpc) is 2.30. The van der Waals surface area contributed by atoms with Gasteiger partial charge in [-0.15, -0.1) is 11.3 Å². The minimum atomic E-state index is -2.69. The fraction of sp³-hybridized carbons (Fsp3) is 0.333. The highest BCUT2D eigenvalue weighted by molar-refractivity contribution is 7.08. The van der Waals surface area contributed by atoms with Gasteiger partial charge in [0.2, 0.25) is 0 Å². The molecule has 0 unspecified atom stereocenters. The molecule has 50 valence electrons. The fourth-order valence-corrected chi connectivity index (χ4v) is 0.896. The van der Waals surface area contributed by atoms with Crippen LogP contribution in [0.5, 0.6) is 11.5 Å². The van der Waals surface area contributed by atoms with Crippen molar-refractivity contribution in [3.8, 4) is 11.5 Å². The van der Waals surface area contributed by atoms with Crippen LogP contribution in [0.4, 0.5) is 0 Å². The molecule has 0 radical (unpaired) electrons. The van der Waals surface area contributed by atoms with Crippen LogP contribution in [0.15, 0.2) is 10.7 Å². The molecule has 1 aromatic rings. The van der Waals surface area contributed by atoms with Crippen molar-refractivity contribution in [2.75, 3.05) is 14.1 Å². The average molecular weight is 150 g/mol. The van der Waals surface area contributed by atoms with Crippen LogP contribution in [0.2, 0.25) is 0 Å². The minimum absolute atomic E-state index is 0.119. The maximum absolute atomic E-state index is 7.37. The summed E-state index contributed by atoms with van der Waals surface area (Å²) < 4.78 is 51.4. The lowest BCUT2D eigenvalue weighted by atomic mass is 10.5. The van der Waals surface area contributed by atoms with Gasteiger partial charge in [0.1, 0.15) is 0 Å². The molecule has 9 heavy (non-hydrogen) atoms. The molecule has 2 nitrogen and oxygen atoms in total. The van der Waals surface area contributed by atoms with Crippen LogP contribution in [0, 0.1) is 0 Å². The summed E-state index contributed by atoms with van der Waals surface area (Å²) in [4.78, 5) is 0. The third-order valence-corrected chi connectivity index (χ3v) is 1.32. The zero-order valence-corrected chi connectivity index (χ0v) is 5.25. The molecule has 1 aromatic heterocycles. The highest BCUT2D eigenvalue weighted by Crippen LogP contribution is 2.30. The van der Waals surface area contributed by atoms with Crippen LogP contribution < -0.4 is 9.47 Å². The van der Waals surface area contributed by atoms with E-state index in [9.17, 15) is 0 Å². The van der Waals surface area contributed by atoms with Crippen molar-refractivity contribution in [2.45, 2.75) is 0 Å². The van der Waals surface area contributed by atoms with Crippen LogP contribution in [0.1, 0.15) is 8.22 Å². The minimum Gasteiger partial charge on any atom is -0.492 e. The number of rotatable bonds is 2. The normalized spacial score (nSPS) is 20.0. The Morgan fingerprint density at radius 3 is 3.00 bits per heavy atom. The monoisotopic (exact) mass is 150 g/mol. The first kappa shape index (κ1) is 2.16. The molecule has 0 atom stereocenters. The first-order valence-corrected chi connectivity index (χ1v) is 2.88. The zero-order chi connectivity index (χ0) is 11.6. The van der Waals surface area contributed by atoms with Gasteiger partial charge in [-0.25, -0.2) is 0 Å². The molecule has 0 fully saturated rings. The lowest BCUT2D eigenvalue weighted by Gasteiger charge is -1.98. The molecule has 0 aliphatic rings. The molecule has 0 saturated carbocycles. The Labute approximate surface area is 66.5 Å². The largest absolute Gasteiger partial charge is 0.492 e. The smallest absolute Gasteiger partial charge is 0.171 e. The van der Waals surface area contributed by atoms with E-state index in [4.69, 9.17) is 13.0 Å². The molecular weight excluding hydrogens is 136 g/mol. The standard InChI is InChI=1S/C6H8O2S/c1-7-5-3-9-4-6(5)8-2/h3-4H,1-2H3/i1D,2D3,3D,4D. The van der Waals surface area contributed by atoms with E-state index >= 15 is 0 Å². The van der Waals surface area contributed by atoms with E-state index < -0.39 is 14.1 Å². The number of ether oxygens (including phenoxy) is 2.